The van der Waals surface area contributed by atoms with Crippen molar-refractivity contribution in [2.24, 2.45) is 0 Å². The fourth-order valence-corrected chi connectivity index (χ4v) is 3.22. The lowest BCUT2D eigenvalue weighted by molar-refractivity contribution is 0.102. The van der Waals surface area contributed by atoms with E-state index in [1.165, 1.54) is 5.56 Å². The Morgan fingerprint density at radius 1 is 1.00 bits per heavy atom. The van der Waals surface area contributed by atoms with Crippen molar-refractivity contribution in [1.82, 2.24) is 4.57 Å². The van der Waals surface area contributed by atoms with Crippen LogP contribution < -0.4 is 10.9 Å². The molecule has 1 N–H and O–H groups in total. The lowest BCUT2D eigenvalue weighted by Crippen LogP contribution is -2.29. The zero-order valence-corrected chi connectivity index (χ0v) is 17.4. The Hall–Kier alpha value is -2.66. The fourth-order valence-electron chi connectivity index (χ4n) is 2.95. The van der Waals surface area contributed by atoms with Crippen LogP contribution in [0.5, 0.6) is 0 Å². The predicted octanol–water partition coefficient (Wildman–Crippen LogP) is 5.25. The zero-order chi connectivity index (χ0) is 19.9. The topological polar surface area (TPSA) is 51.1 Å². The van der Waals surface area contributed by atoms with E-state index in [4.69, 9.17) is 0 Å². The SMILES string of the molecule is CCCCc1ccc(NC(=O)c2cccn(Cc3ccc(Br)cc3)c2=O)cc1. The molecule has 1 heterocycles. The van der Waals surface area contributed by atoms with Crippen molar-refractivity contribution in [1.29, 1.82) is 0 Å². The maximum atomic E-state index is 12.7. The molecular formula is C23H23BrN2O2. The summed E-state index contributed by atoms with van der Waals surface area (Å²) in [5, 5.41) is 2.82. The summed E-state index contributed by atoms with van der Waals surface area (Å²) >= 11 is 3.40. The first kappa shape index (κ1) is 20.1. The number of rotatable bonds is 7. The van der Waals surface area contributed by atoms with Crippen LogP contribution in [0.1, 0.15) is 41.3 Å². The van der Waals surface area contributed by atoms with Gasteiger partial charge >= 0.3 is 0 Å². The molecule has 0 aliphatic rings. The van der Waals surface area contributed by atoms with Gasteiger partial charge in [0.15, 0.2) is 0 Å². The quantitative estimate of drug-likeness (QED) is 0.547. The molecule has 0 atom stereocenters. The molecule has 144 valence electrons. The van der Waals surface area contributed by atoms with Crippen molar-refractivity contribution in [2.75, 3.05) is 5.32 Å². The second-order valence-electron chi connectivity index (χ2n) is 6.74. The second kappa shape index (κ2) is 9.51. The molecular weight excluding hydrogens is 416 g/mol. The number of hydrogen-bond donors (Lipinski definition) is 1. The molecule has 2 aromatic carbocycles. The van der Waals surface area contributed by atoms with Crippen molar-refractivity contribution in [3.63, 3.8) is 0 Å². The van der Waals surface area contributed by atoms with Gasteiger partial charge in [-0.1, -0.05) is 53.5 Å². The number of carbonyl (C=O) groups is 1. The number of nitrogens with zero attached hydrogens (tertiary/aromatic N) is 1. The van der Waals surface area contributed by atoms with E-state index in [1.54, 1.807) is 22.9 Å². The van der Waals surface area contributed by atoms with Gasteiger partial charge in [-0.3, -0.25) is 9.59 Å². The number of carbonyl (C=O) groups excluding carboxylic acids is 1. The van der Waals surface area contributed by atoms with Crippen molar-refractivity contribution in [3.8, 4) is 0 Å². The predicted molar refractivity (Wildman–Crippen MR) is 117 cm³/mol. The van der Waals surface area contributed by atoms with Crippen molar-refractivity contribution < 1.29 is 4.79 Å². The molecule has 0 saturated heterocycles. The van der Waals surface area contributed by atoms with Gasteiger partial charge in [0.2, 0.25) is 0 Å². The Labute approximate surface area is 173 Å². The van der Waals surface area contributed by atoms with E-state index in [2.05, 4.69) is 28.2 Å². The number of aryl methyl sites for hydroxylation is 1. The number of pyridine rings is 1. The number of amides is 1. The Morgan fingerprint density at radius 2 is 1.68 bits per heavy atom. The summed E-state index contributed by atoms with van der Waals surface area (Å²) in [5.41, 5.74) is 2.76. The number of anilines is 1. The van der Waals surface area contributed by atoms with Crippen LogP contribution in [0.2, 0.25) is 0 Å². The molecule has 0 spiro atoms. The van der Waals surface area contributed by atoms with Gasteiger partial charge in [0.05, 0.1) is 6.54 Å². The third-order valence-electron chi connectivity index (χ3n) is 4.56. The summed E-state index contributed by atoms with van der Waals surface area (Å²) in [6.07, 6.45) is 5.03. The smallest absolute Gasteiger partial charge is 0.263 e. The van der Waals surface area contributed by atoms with Gasteiger partial charge in [0, 0.05) is 16.4 Å². The monoisotopic (exact) mass is 438 g/mol. The van der Waals surface area contributed by atoms with Crippen LogP contribution in [0, 0.1) is 0 Å². The molecule has 1 aromatic heterocycles. The Balaban J connectivity index is 1.73. The number of aromatic nitrogens is 1. The first-order chi connectivity index (χ1) is 13.6. The van der Waals surface area contributed by atoms with Crippen LogP contribution in [-0.2, 0) is 13.0 Å². The molecule has 0 aliphatic heterocycles. The number of nitrogens with one attached hydrogen (secondary N) is 1. The summed E-state index contributed by atoms with van der Waals surface area (Å²) in [4.78, 5) is 25.3. The average Bonchev–Trinajstić information content (AvgIpc) is 2.70. The second-order valence-corrected chi connectivity index (χ2v) is 7.65. The minimum atomic E-state index is -0.392. The Morgan fingerprint density at radius 3 is 2.36 bits per heavy atom. The third-order valence-corrected chi connectivity index (χ3v) is 5.09. The zero-order valence-electron chi connectivity index (χ0n) is 15.8. The Bertz CT molecular complexity index is 992. The maximum Gasteiger partial charge on any atom is 0.263 e. The van der Waals surface area contributed by atoms with E-state index in [0.29, 0.717) is 12.2 Å². The fraction of sp³-hybridized carbons (Fsp3) is 0.217. The minimum absolute atomic E-state index is 0.134. The summed E-state index contributed by atoms with van der Waals surface area (Å²) in [5.74, 6) is -0.392. The normalized spacial score (nSPS) is 10.6. The number of unbranched alkanes of at least 4 members (excludes halogenated alkanes) is 1. The highest BCUT2D eigenvalue weighted by molar-refractivity contribution is 9.10. The molecule has 3 aromatic rings. The number of halogens is 1. The summed E-state index contributed by atoms with van der Waals surface area (Å²) in [6, 6.07) is 18.8. The van der Waals surface area contributed by atoms with Crippen molar-refractivity contribution in [3.05, 3.63) is 98.4 Å². The van der Waals surface area contributed by atoms with Crippen LogP contribution >= 0.6 is 15.9 Å². The lowest BCUT2D eigenvalue weighted by atomic mass is 10.1. The molecule has 0 unspecified atom stereocenters. The van der Waals surface area contributed by atoms with Crippen molar-refractivity contribution >= 4 is 27.5 Å². The standard InChI is InChI=1S/C23H23BrN2O2/c1-2-3-5-17-9-13-20(14-10-17)25-22(27)21-6-4-15-26(23(21)28)16-18-7-11-19(24)12-8-18/h4,6-15H,2-3,5,16H2,1H3,(H,25,27). The van der Waals surface area contributed by atoms with Crippen LogP contribution in [0.15, 0.2) is 76.1 Å². The molecule has 4 nitrogen and oxygen atoms in total. The third kappa shape index (κ3) is 5.20. The lowest BCUT2D eigenvalue weighted by Gasteiger charge is -2.10. The first-order valence-electron chi connectivity index (χ1n) is 9.41. The van der Waals surface area contributed by atoms with Gasteiger partial charge in [-0.15, -0.1) is 0 Å². The van der Waals surface area contributed by atoms with Crippen LogP contribution in [-0.4, -0.2) is 10.5 Å². The molecule has 0 aliphatic carbocycles. The molecule has 3 rings (SSSR count). The van der Waals surface area contributed by atoms with Crippen LogP contribution in [0.4, 0.5) is 5.69 Å². The average molecular weight is 439 g/mol. The van der Waals surface area contributed by atoms with Gasteiger partial charge in [0.25, 0.3) is 11.5 Å². The van der Waals surface area contributed by atoms with Gasteiger partial charge < -0.3 is 9.88 Å². The maximum absolute atomic E-state index is 12.7. The first-order valence-corrected chi connectivity index (χ1v) is 10.2. The van der Waals surface area contributed by atoms with Gasteiger partial charge in [0.1, 0.15) is 5.56 Å². The van der Waals surface area contributed by atoms with Gasteiger partial charge in [-0.25, -0.2) is 0 Å². The minimum Gasteiger partial charge on any atom is -0.322 e. The molecule has 28 heavy (non-hydrogen) atoms. The van der Waals surface area contributed by atoms with E-state index < -0.39 is 5.91 Å². The van der Waals surface area contributed by atoms with Gasteiger partial charge in [-0.2, -0.15) is 0 Å². The molecule has 0 radical (unpaired) electrons. The van der Waals surface area contributed by atoms with Crippen LogP contribution in [0.3, 0.4) is 0 Å². The van der Waals surface area contributed by atoms with E-state index >= 15 is 0 Å². The highest BCUT2D eigenvalue weighted by Crippen LogP contribution is 2.13. The molecule has 0 bridgehead atoms. The van der Waals surface area contributed by atoms with E-state index in [-0.39, 0.29) is 11.1 Å². The van der Waals surface area contributed by atoms with Crippen LogP contribution in [0.25, 0.3) is 0 Å². The molecule has 0 fully saturated rings. The Kier molecular flexibility index (Phi) is 6.82. The van der Waals surface area contributed by atoms with E-state index in [0.717, 1.165) is 29.3 Å². The molecule has 1 amide bonds. The number of benzene rings is 2. The molecule has 5 heteroatoms. The summed E-state index contributed by atoms with van der Waals surface area (Å²) in [6.45, 7) is 2.58. The highest BCUT2D eigenvalue weighted by atomic mass is 79.9. The van der Waals surface area contributed by atoms with Gasteiger partial charge in [-0.05, 0) is 60.4 Å². The van der Waals surface area contributed by atoms with E-state index in [9.17, 15) is 9.59 Å². The highest BCUT2D eigenvalue weighted by Gasteiger charge is 2.12. The molecule has 0 saturated carbocycles. The largest absolute Gasteiger partial charge is 0.322 e. The van der Waals surface area contributed by atoms with E-state index in [1.807, 2.05) is 48.5 Å². The summed E-state index contributed by atoms with van der Waals surface area (Å²) < 4.78 is 2.53. The van der Waals surface area contributed by atoms with Crippen molar-refractivity contribution in [2.45, 2.75) is 32.7 Å². The summed E-state index contributed by atoms with van der Waals surface area (Å²) in [7, 11) is 0. The number of hydrogen-bond acceptors (Lipinski definition) is 2.